The van der Waals surface area contributed by atoms with Crippen LogP contribution >= 0.6 is 0 Å². The lowest BCUT2D eigenvalue weighted by Gasteiger charge is -2.16. The van der Waals surface area contributed by atoms with Crippen LogP contribution in [0.25, 0.3) is 142 Å². The van der Waals surface area contributed by atoms with Crippen LogP contribution in [-0.2, 0) is 0 Å². The molecule has 0 fully saturated rings. The normalized spacial score (nSPS) is 12.4. The fourth-order valence-electron chi connectivity index (χ4n) is 11.2. The maximum Gasteiger partial charge on any atom is 0.235 e. The molecule has 64 heavy (non-hydrogen) atoms. The molecule has 0 bridgehead atoms. The molecule has 0 atom stereocenters. The first-order chi connectivity index (χ1) is 31.7. The van der Waals surface area contributed by atoms with E-state index < -0.39 is 0 Å². The van der Waals surface area contributed by atoms with E-state index in [9.17, 15) is 0 Å². The van der Waals surface area contributed by atoms with Gasteiger partial charge in [0, 0.05) is 48.7 Å². The number of hydrogen-bond donors (Lipinski definition) is 0. The van der Waals surface area contributed by atoms with Gasteiger partial charge in [0.15, 0.2) is 0 Å². The van der Waals surface area contributed by atoms with E-state index in [1.165, 1.54) is 92.3 Å². The standard InChI is InChI=1S/C60H34N4/c1-2-13-40-35(12-1)24-25-36-26-27-39(34-49(36)40)57-56-45-18-5-3-14-41(45)42-15-4-6-19-46(42)58(56)62-60(61-57)64-53-23-10-8-17-44(53)50-32-37(29-31-55(50)64)38-28-30-54-51(33-38)48-21-11-20-47-43-16-7-9-22-52(43)63(54)59(47)48/h1-34H. The Morgan fingerprint density at radius 3 is 1.56 bits per heavy atom. The molecule has 0 saturated heterocycles. The quantitative estimate of drug-likeness (QED) is 0.167. The maximum absolute atomic E-state index is 5.68. The number of rotatable bonds is 3. The van der Waals surface area contributed by atoms with E-state index in [4.69, 9.17) is 9.97 Å². The molecular weight excluding hydrogens is 777 g/mol. The summed E-state index contributed by atoms with van der Waals surface area (Å²) in [7, 11) is 0. The van der Waals surface area contributed by atoms with Crippen molar-refractivity contribution < 1.29 is 0 Å². The summed E-state index contributed by atoms with van der Waals surface area (Å²) in [6.45, 7) is 0. The van der Waals surface area contributed by atoms with Crippen LogP contribution < -0.4 is 0 Å². The van der Waals surface area contributed by atoms with Crippen molar-refractivity contribution in [1.82, 2.24) is 18.9 Å². The van der Waals surface area contributed by atoms with Crippen molar-refractivity contribution in [2.45, 2.75) is 0 Å². The Kier molecular flexibility index (Phi) is 6.65. The molecule has 4 nitrogen and oxygen atoms in total. The number of hydrogen-bond acceptors (Lipinski definition) is 2. The molecule has 294 valence electrons. The van der Waals surface area contributed by atoms with Gasteiger partial charge >= 0.3 is 0 Å². The van der Waals surface area contributed by atoms with E-state index in [0.29, 0.717) is 5.95 Å². The predicted octanol–water partition coefficient (Wildman–Crippen LogP) is 15.8. The molecule has 0 amide bonds. The number of aromatic nitrogens is 4. The Morgan fingerprint density at radius 2 is 0.781 bits per heavy atom. The summed E-state index contributed by atoms with van der Waals surface area (Å²) in [6, 6.07) is 75.4. The molecule has 11 aromatic carbocycles. The van der Waals surface area contributed by atoms with Gasteiger partial charge in [-0.25, -0.2) is 9.97 Å². The molecule has 0 unspecified atom stereocenters. The van der Waals surface area contributed by atoms with Crippen LogP contribution in [0.5, 0.6) is 0 Å². The molecule has 0 aliphatic heterocycles. The van der Waals surface area contributed by atoms with E-state index in [2.05, 4.69) is 215 Å². The topological polar surface area (TPSA) is 35.1 Å². The molecule has 0 saturated carbocycles. The lowest BCUT2D eigenvalue weighted by Crippen LogP contribution is -2.04. The molecule has 15 rings (SSSR count). The van der Waals surface area contributed by atoms with Gasteiger partial charge in [-0.2, -0.15) is 0 Å². The van der Waals surface area contributed by atoms with E-state index in [-0.39, 0.29) is 0 Å². The Morgan fingerprint density at radius 1 is 0.297 bits per heavy atom. The molecule has 4 aromatic heterocycles. The summed E-state index contributed by atoms with van der Waals surface area (Å²) in [6.07, 6.45) is 0. The van der Waals surface area contributed by atoms with Gasteiger partial charge in [0.1, 0.15) is 0 Å². The van der Waals surface area contributed by atoms with E-state index in [1.54, 1.807) is 0 Å². The van der Waals surface area contributed by atoms with Crippen molar-refractivity contribution in [1.29, 1.82) is 0 Å². The zero-order valence-corrected chi connectivity index (χ0v) is 34.4. The van der Waals surface area contributed by atoms with Crippen molar-refractivity contribution >= 4 is 114 Å². The minimum absolute atomic E-state index is 0.652. The third-order valence-electron chi connectivity index (χ3n) is 14.0. The molecule has 0 aliphatic carbocycles. The number of nitrogens with zero attached hydrogens (tertiary/aromatic N) is 4. The van der Waals surface area contributed by atoms with Gasteiger partial charge < -0.3 is 4.40 Å². The van der Waals surface area contributed by atoms with Crippen molar-refractivity contribution in [2.75, 3.05) is 0 Å². The smallest absolute Gasteiger partial charge is 0.235 e. The highest BCUT2D eigenvalue weighted by Crippen LogP contribution is 2.44. The van der Waals surface area contributed by atoms with E-state index in [0.717, 1.165) is 44.0 Å². The molecule has 4 heterocycles. The van der Waals surface area contributed by atoms with Crippen LogP contribution in [0.15, 0.2) is 206 Å². The number of fused-ring (bicyclic) bond motifs is 18. The maximum atomic E-state index is 5.68. The fraction of sp³-hybridized carbons (Fsp3) is 0. The molecule has 0 aliphatic rings. The van der Waals surface area contributed by atoms with Crippen LogP contribution in [0.4, 0.5) is 0 Å². The minimum Gasteiger partial charge on any atom is -0.308 e. The van der Waals surface area contributed by atoms with Crippen LogP contribution in [0.2, 0.25) is 0 Å². The summed E-state index contributed by atoms with van der Waals surface area (Å²) in [5, 5.41) is 18.1. The Balaban J connectivity index is 0.993. The first kappa shape index (κ1) is 34.0. The van der Waals surface area contributed by atoms with Crippen molar-refractivity contribution in [2.24, 2.45) is 0 Å². The molecule has 0 spiro atoms. The van der Waals surface area contributed by atoms with Gasteiger partial charge in [0.2, 0.25) is 5.95 Å². The van der Waals surface area contributed by atoms with Crippen LogP contribution in [-0.4, -0.2) is 18.9 Å². The first-order valence-electron chi connectivity index (χ1n) is 22.0. The highest BCUT2D eigenvalue weighted by Gasteiger charge is 2.22. The van der Waals surface area contributed by atoms with Crippen LogP contribution in [0.3, 0.4) is 0 Å². The second kappa shape index (κ2) is 12.5. The summed E-state index contributed by atoms with van der Waals surface area (Å²) in [4.78, 5) is 11.3. The van der Waals surface area contributed by atoms with Gasteiger partial charge in [0.05, 0.1) is 38.8 Å². The summed E-state index contributed by atoms with van der Waals surface area (Å²) < 4.78 is 4.72. The second-order valence-electron chi connectivity index (χ2n) is 17.3. The minimum atomic E-state index is 0.652. The summed E-state index contributed by atoms with van der Waals surface area (Å²) >= 11 is 0. The average Bonchev–Trinajstić information content (AvgIpc) is 4.01. The van der Waals surface area contributed by atoms with Crippen molar-refractivity contribution in [3.05, 3.63) is 206 Å². The van der Waals surface area contributed by atoms with E-state index in [1.807, 2.05) is 0 Å². The molecular formula is C60H34N4. The summed E-state index contributed by atoms with van der Waals surface area (Å²) in [5.74, 6) is 0.652. The predicted molar refractivity (Wildman–Crippen MR) is 269 cm³/mol. The van der Waals surface area contributed by atoms with Gasteiger partial charge in [-0.15, -0.1) is 0 Å². The lowest BCUT2D eigenvalue weighted by molar-refractivity contribution is 1.02. The van der Waals surface area contributed by atoms with Gasteiger partial charge in [0.25, 0.3) is 0 Å². The van der Waals surface area contributed by atoms with Crippen molar-refractivity contribution in [3.63, 3.8) is 0 Å². The van der Waals surface area contributed by atoms with Crippen LogP contribution in [0, 0.1) is 0 Å². The molecule has 0 radical (unpaired) electrons. The highest BCUT2D eigenvalue weighted by molar-refractivity contribution is 6.28. The Bertz CT molecular complexity index is 4490. The van der Waals surface area contributed by atoms with Crippen LogP contribution in [0.1, 0.15) is 0 Å². The zero-order chi connectivity index (χ0) is 41.6. The highest BCUT2D eigenvalue weighted by atomic mass is 15.2. The number of para-hydroxylation sites is 3. The van der Waals surface area contributed by atoms with Gasteiger partial charge in [-0.1, -0.05) is 164 Å². The monoisotopic (exact) mass is 810 g/mol. The molecule has 4 heteroatoms. The Labute approximate surface area is 365 Å². The van der Waals surface area contributed by atoms with E-state index >= 15 is 0 Å². The Hall–Kier alpha value is -8.60. The molecule has 15 aromatic rings. The first-order valence-corrected chi connectivity index (χ1v) is 22.0. The SMILES string of the molecule is c1ccc2c(c1)ccc1ccc(-c3nc(-n4c5ccccc5c5cc(-c6ccc7c(c6)c6cccc8c9ccccc9n7c86)ccc54)nc4c5ccccc5c5ccccc5c34)cc12. The molecule has 0 N–H and O–H groups in total. The summed E-state index contributed by atoms with van der Waals surface area (Å²) in [5.41, 5.74) is 11.2. The fourth-order valence-corrected chi connectivity index (χ4v) is 11.2. The zero-order valence-electron chi connectivity index (χ0n) is 34.4. The lowest BCUT2D eigenvalue weighted by atomic mass is 9.93. The average molecular weight is 811 g/mol. The van der Waals surface area contributed by atoms with Gasteiger partial charge in [-0.3, -0.25) is 4.57 Å². The third kappa shape index (κ3) is 4.51. The number of benzene rings is 11. The largest absolute Gasteiger partial charge is 0.308 e. The third-order valence-corrected chi connectivity index (χ3v) is 14.0. The van der Waals surface area contributed by atoms with Gasteiger partial charge in [-0.05, 0) is 91.3 Å². The second-order valence-corrected chi connectivity index (χ2v) is 17.3. The van der Waals surface area contributed by atoms with Crippen molar-refractivity contribution in [3.8, 4) is 28.3 Å².